The number of hydrogen-bond acceptors (Lipinski definition) is 3. The van der Waals surface area contributed by atoms with Crippen LogP contribution in [0.15, 0.2) is 12.7 Å². The predicted octanol–water partition coefficient (Wildman–Crippen LogP) is 7.29. The Kier molecular flexibility index (Phi) is 19.5. The monoisotopic (exact) mass is 386 g/mol. The van der Waals surface area contributed by atoms with E-state index in [-0.39, 0.29) is 0 Å². The van der Waals surface area contributed by atoms with Gasteiger partial charge in [-0.05, 0) is 40.0 Å². The van der Waals surface area contributed by atoms with E-state index in [0.717, 1.165) is 12.5 Å². The molecule has 0 aromatic heterocycles. The molecule has 0 aliphatic heterocycles. The Morgan fingerprint density at radius 1 is 0.577 bits per heavy atom. The first-order valence-electron chi connectivity index (χ1n) is 11.3. The molecule has 3 nitrogen and oxygen atoms in total. The van der Waals surface area contributed by atoms with Crippen molar-refractivity contribution in [3.8, 4) is 0 Å². The van der Waals surface area contributed by atoms with Gasteiger partial charge in [-0.3, -0.25) is 0 Å². The van der Waals surface area contributed by atoms with Crippen LogP contribution in [0.2, 0.25) is 6.04 Å². The highest BCUT2D eigenvalue weighted by atomic mass is 28.4. The molecule has 0 atom stereocenters. The van der Waals surface area contributed by atoms with E-state index in [0.29, 0.717) is 19.8 Å². The van der Waals surface area contributed by atoms with Crippen LogP contribution < -0.4 is 0 Å². The van der Waals surface area contributed by atoms with Crippen LogP contribution in [0.1, 0.15) is 104 Å². The average Bonchev–Trinajstić information content (AvgIpc) is 2.63. The summed E-state index contributed by atoms with van der Waals surface area (Å²) in [7, 11) is -2.40. The average molecular weight is 387 g/mol. The van der Waals surface area contributed by atoms with Gasteiger partial charge in [0.25, 0.3) is 0 Å². The molecule has 0 saturated carbocycles. The van der Waals surface area contributed by atoms with E-state index >= 15 is 0 Å². The maximum atomic E-state index is 5.91. The minimum atomic E-state index is -2.40. The molecule has 0 N–H and O–H groups in total. The molecule has 0 aliphatic rings. The van der Waals surface area contributed by atoms with Crippen LogP contribution in [-0.4, -0.2) is 28.6 Å². The lowest BCUT2D eigenvalue weighted by Gasteiger charge is -2.28. The van der Waals surface area contributed by atoms with Crippen LogP contribution in [0, 0.1) is 0 Å². The third kappa shape index (κ3) is 14.9. The Hall–Kier alpha value is -0.163. The molecule has 156 valence electrons. The van der Waals surface area contributed by atoms with Gasteiger partial charge < -0.3 is 13.3 Å². The standard InChI is InChI=1S/C22H46O3Si/c1-5-9-10-11-12-13-14-15-16-17-18-19-20-21-22-26(23-6-2,24-7-3)25-8-4/h5H,1,6-22H2,2-4H3. The molecule has 0 heterocycles. The summed E-state index contributed by atoms with van der Waals surface area (Å²) in [6.07, 6.45) is 19.5. The second-order valence-electron chi connectivity index (χ2n) is 7.05. The number of hydrogen-bond donors (Lipinski definition) is 0. The number of unbranched alkanes of at least 4 members (excludes halogenated alkanes) is 12. The molecular weight excluding hydrogens is 340 g/mol. The molecule has 4 heteroatoms. The Morgan fingerprint density at radius 2 is 0.923 bits per heavy atom. The van der Waals surface area contributed by atoms with Gasteiger partial charge in [-0.15, -0.1) is 6.58 Å². The van der Waals surface area contributed by atoms with E-state index in [2.05, 4.69) is 6.58 Å². The van der Waals surface area contributed by atoms with E-state index in [1.807, 2.05) is 26.8 Å². The Bertz CT molecular complexity index is 280. The van der Waals surface area contributed by atoms with Gasteiger partial charge in [-0.1, -0.05) is 70.3 Å². The molecule has 0 spiro atoms. The maximum absolute atomic E-state index is 5.91. The topological polar surface area (TPSA) is 27.7 Å². The summed E-state index contributed by atoms with van der Waals surface area (Å²) in [5.74, 6) is 0. The van der Waals surface area contributed by atoms with Crippen molar-refractivity contribution in [2.24, 2.45) is 0 Å². The van der Waals surface area contributed by atoms with Crippen molar-refractivity contribution in [3.05, 3.63) is 12.7 Å². The summed E-state index contributed by atoms with van der Waals surface area (Å²) in [5.41, 5.74) is 0. The zero-order valence-corrected chi connectivity index (χ0v) is 19.0. The van der Waals surface area contributed by atoms with Gasteiger partial charge in [0.05, 0.1) is 0 Å². The van der Waals surface area contributed by atoms with Crippen LogP contribution in [0.4, 0.5) is 0 Å². The normalized spacial score (nSPS) is 11.8. The Balaban J connectivity index is 3.54. The molecule has 0 amide bonds. The number of rotatable bonds is 21. The Labute approximate surface area is 165 Å². The summed E-state index contributed by atoms with van der Waals surface area (Å²) in [6.45, 7) is 11.9. The van der Waals surface area contributed by atoms with Gasteiger partial charge in [0, 0.05) is 25.9 Å². The van der Waals surface area contributed by atoms with E-state index in [4.69, 9.17) is 13.3 Å². The van der Waals surface area contributed by atoms with Crippen molar-refractivity contribution in [3.63, 3.8) is 0 Å². The summed E-state index contributed by atoms with van der Waals surface area (Å²) in [6, 6.07) is 0.967. The molecule has 0 unspecified atom stereocenters. The molecular formula is C22H46O3Si. The van der Waals surface area contributed by atoms with Gasteiger partial charge in [0.15, 0.2) is 0 Å². The molecule has 0 aliphatic carbocycles. The molecule has 0 saturated heterocycles. The van der Waals surface area contributed by atoms with Crippen molar-refractivity contribution < 1.29 is 13.3 Å². The second kappa shape index (κ2) is 19.6. The van der Waals surface area contributed by atoms with Crippen molar-refractivity contribution in [1.82, 2.24) is 0 Å². The van der Waals surface area contributed by atoms with Crippen LogP contribution in [0.3, 0.4) is 0 Å². The quantitative estimate of drug-likeness (QED) is 0.118. The Morgan fingerprint density at radius 3 is 1.27 bits per heavy atom. The fourth-order valence-corrected chi connectivity index (χ4v) is 6.08. The first-order valence-corrected chi connectivity index (χ1v) is 13.2. The lowest BCUT2D eigenvalue weighted by atomic mass is 10.0. The lowest BCUT2D eigenvalue weighted by Crippen LogP contribution is -2.45. The highest BCUT2D eigenvalue weighted by Gasteiger charge is 2.39. The van der Waals surface area contributed by atoms with E-state index in [1.54, 1.807) is 0 Å². The zero-order chi connectivity index (χ0) is 19.3. The molecule has 0 bridgehead atoms. The van der Waals surface area contributed by atoms with Gasteiger partial charge >= 0.3 is 8.80 Å². The SMILES string of the molecule is C=CCCCCCCCCCCCCCC[Si](OCC)(OCC)OCC. The fourth-order valence-electron chi connectivity index (χ4n) is 3.40. The van der Waals surface area contributed by atoms with Gasteiger partial charge in [0.2, 0.25) is 0 Å². The lowest BCUT2D eigenvalue weighted by molar-refractivity contribution is 0.0706. The van der Waals surface area contributed by atoms with Crippen LogP contribution >= 0.6 is 0 Å². The van der Waals surface area contributed by atoms with Gasteiger partial charge in [-0.2, -0.15) is 0 Å². The van der Waals surface area contributed by atoms with Crippen LogP contribution in [0.25, 0.3) is 0 Å². The summed E-state index contributed by atoms with van der Waals surface area (Å²) in [4.78, 5) is 0. The van der Waals surface area contributed by atoms with E-state index in [1.165, 1.54) is 77.0 Å². The molecule has 0 rings (SSSR count). The molecule has 0 aromatic carbocycles. The first kappa shape index (κ1) is 25.8. The third-order valence-corrected chi connectivity index (χ3v) is 7.89. The smallest absolute Gasteiger partial charge is 0.374 e. The van der Waals surface area contributed by atoms with Gasteiger partial charge in [0.1, 0.15) is 0 Å². The summed E-state index contributed by atoms with van der Waals surface area (Å²) < 4.78 is 17.7. The molecule has 0 fully saturated rings. The molecule has 0 aromatic rings. The largest absolute Gasteiger partial charge is 0.500 e. The third-order valence-electron chi connectivity index (χ3n) is 4.73. The highest BCUT2D eigenvalue weighted by molar-refractivity contribution is 6.60. The summed E-state index contributed by atoms with van der Waals surface area (Å²) in [5, 5.41) is 0. The predicted molar refractivity (Wildman–Crippen MR) is 116 cm³/mol. The van der Waals surface area contributed by atoms with Crippen molar-refractivity contribution in [1.29, 1.82) is 0 Å². The summed E-state index contributed by atoms with van der Waals surface area (Å²) >= 11 is 0. The first-order chi connectivity index (χ1) is 12.7. The number of allylic oxidation sites excluding steroid dienone is 1. The minimum absolute atomic E-state index is 0.681. The minimum Gasteiger partial charge on any atom is -0.374 e. The maximum Gasteiger partial charge on any atom is 0.500 e. The van der Waals surface area contributed by atoms with Crippen LogP contribution in [0.5, 0.6) is 0 Å². The fraction of sp³-hybridized carbons (Fsp3) is 0.909. The van der Waals surface area contributed by atoms with Crippen LogP contribution in [-0.2, 0) is 13.3 Å². The highest BCUT2D eigenvalue weighted by Crippen LogP contribution is 2.21. The molecule has 0 radical (unpaired) electrons. The van der Waals surface area contributed by atoms with E-state index in [9.17, 15) is 0 Å². The van der Waals surface area contributed by atoms with E-state index < -0.39 is 8.80 Å². The van der Waals surface area contributed by atoms with Gasteiger partial charge in [-0.25, -0.2) is 0 Å². The van der Waals surface area contributed by atoms with Crippen molar-refractivity contribution >= 4 is 8.80 Å². The molecule has 26 heavy (non-hydrogen) atoms. The zero-order valence-electron chi connectivity index (χ0n) is 18.0. The van der Waals surface area contributed by atoms with Crippen molar-refractivity contribution in [2.75, 3.05) is 19.8 Å². The van der Waals surface area contributed by atoms with Crippen molar-refractivity contribution in [2.45, 2.75) is 110 Å². The second-order valence-corrected chi connectivity index (χ2v) is 9.78.